The van der Waals surface area contributed by atoms with Gasteiger partial charge in [0.25, 0.3) is 11.8 Å². The number of hydrogen-bond acceptors (Lipinski definition) is 11. The van der Waals surface area contributed by atoms with Crippen LogP contribution in [0, 0.1) is 6.92 Å². The molecule has 57 heavy (non-hydrogen) atoms. The molecule has 0 unspecified atom stereocenters. The molecule has 2 heterocycles. The van der Waals surface area contributed by atoms with Crippen molar-refractivity contribution >= 4 is 55.8 Å². The third kappa shape index (κ3) is 10.4. The normalized spacial score (nSPS) is 13.5. The lowest BCUT2D eigenvalue weighted by Gasteiger charge is -2.26. The van der Waals surface area contributed by atoms with E-state index in [1.165, 1.54) is 7.11 Å². The van der Waals surface area contributed by atoms with E-state index in [1.54, 1.807) is 49.7 Å². The number of hydrogen-bond donors (Lipinski definition) is 4. The van der Waals surface area contributed by atoms with Crippen molar-refractivity contribution in [1.82, 2.24) is 20.2 Å². The first-order valence-electron chi connectivity index (χ1n) is 18.5. The number of benzene rings is 4. The maximum atomic E-state index is 13.8. The SMILES string of the molecule is COc1cc(Nc2ncc3cc(-c4cc(C(=O)Nc5cc(C(C)(C)C)cc(NS(C)(=O)=O)c5OC)ccc4C)ccc3n2)cc(C(=O)NCCN2CCOCC2)c1. The lowest BCUT2D eigenvalue weighted by atomic mass is 9.86. The molecule has 0 atom stereocenters. The first-order chi connectivity index (χ1) is 27.1. The molecule has 0 radical (unpaired) electrons. The lowest BCUT2D eigenvalue weighted by molar-refractivity contribution is 0.0383. The zero-order valence-corrected chi connectivity index (χ0v) is 34.1. The van der Waals surface area contributed by atoms with Gasteiger partial charge in [-0.2, -0.15) is 0 Å². The molecule has 0 spiro atoms. The van der Waals surface area contributed by atoms with Crippen LogP contribution in [0.4, 0.5) is 23.0 Å². The molecule has 4 aromatic carbocycles. The van der Waals surface area contributed by atoms with Crippen LogP contribution < -0.4 is 30.1 Å². The topological polar surface area (TPSA) is 173 Å². The second-order valence-electron chi connectivity index (χ2n) is 15.0. The molecule has 6 rings (SSSR count). The molecule has 0 bridgehead atoms. The number of aromatic nitrogens is 2. The summed E-state index contributed by atoms with van der Waals surface area (Å²) in [6.07, 6.45) is 2.78. The number of ether oxygens (including phenoxy) is 3. The van der Waals surface area contributed by atoms with Gasteiger partial charge in [-0.15, -0.1) is 0 Å². The molecule has 1 saturated heterocycles. The van der Waals surface area contributed by atoms with E-state index in [-0.39, 0.29) is 22.8 Å². The molecule has 300 valence electrons. The van der Waals surface area contributed by atoms with Gasteiger partial charge in [0.05, 0.1) is 50.6 Å². The standard InChI is InChI=1S/C42H49N7O7S/c1-26-8-9-28(40(51)46-36-22-31(42(2,3)4)23-37(38(36)55-6)48-57(7,52)53)21-34(26)27-10-11-35-30(18-27)25-44-41(47-35)45-32-19-29(20-33(24-32)54-5)39(50)43-12-13-49-14-16-56-17-15-49/h8-11,18-25,48H,12-17H2,1-7H3,(H,43,50)(H,46,51)(H,44,45,47). The molecule has 0 saturated carbocycles. The number of nitrogens with zero attached hydrogens (tertiary/aromatic N) is 3. The second kappa shape index (κ2) is 17.2. The van der Waals surface area contributed by atoms with Crippen molar-refractivity contribution < 1.29 is 32.2 Å². The highest BCUT2D eigenvalue weighted by molar-refractivity contribution is 7.92. The lowest BCUT2D eigenvalue weighted by Crippen LogP contribution is -2.41. The van der Waals surface area contributed by atoms with Crippen LogP contribution in [0.1, 0.15) is 52.6 Å². The summed E-state index contributed by atoms with van der Waals surface area (Å²) in [6.45, 7) is 12.3. The zero-order valence-electron chi connectivity index (χ0n) is 33.3. The van der Waals surface area contributed by atoms with E-state index in [4.69, 9.17) is 19.2 Å². The van der Waals surface area contributed by atoms with Crippen LogP contribution in [0.3, 0.4) is 0 Å². The van der Waals surface area contributed by atoms with Crippen LogP contribution in [0.5, 0.6) is 11.5 Å². The average molecular weight is 796 g/mol. The number of amides is 2. The molecule has 2 amide bonds. The van der Waals surface area contributed by atoms with Crippen molar-refractivity contribution in [3.8, 4) is 22.6 Å². The predicted octanol–water partition coefficient (Wildman–Crippen LogP) is 6.35. The number of rotatable bonds is 13. The summed E-state index contributed by atoms with van der Waals surface area (Å²) in [6, 6.07) is 19.9. The number of anilines is 4. The maximum Gasteiger partial charge on any atom is 0.255 e. The summed E-state index contributed by atoms with van der Waals surface area (Å²) in [5, 5.41) is 9.94. The number of morpholine rings is 1. The van der Waals surface area contributed by atoms with Crippen LogP contribution in [0.25, 0.3) is 22.0 Å². The van der Waals surface area contributed by atoms with Gasteiger partial charge in [-0.3, -0.25) is 19.2 Å². The third-order valence-electron chi connectivity index (χ3n) is 9.57. The third-order valence-corrected chi connectivity index (χ3v) is 10.2. The number of fused-ring (bicyclic) bond motifs is 1. The number of carbonyl (C=O) groups excluding carboxylic acids is 2. The summed E-state index contributed by atoms with van der Waals surface area (Å²) < 4.78 is 43.4. The van der Waals surface area contributed by atoms with Crippen LogP contribution in [0.15, 0.2) is 72.9 Å². The van der Waals surface area contributed by atoms with Crippen LogP contribution >= 0.6 is 0 Å². The van der Waals surface area contributed by atoms with Crippen molar-refractivity contribution in [2.75, 3.05) is 75.2 Å². The first-order valence-corrected chi connectivity index (χ1v) is 20.4. The highest BCUT2D eigenvalue weighted by Gasteiger charge is 2.23. The molecule has 0 aliphatic carbocycles. The number of methoxy groups -OCH3 is 2. The summed E-state index contributed by atoms with van der Waals surface area (Å²) in [4.78, 5) is 38.4. The summed E-state index contributed by atoms with van der Waals surface area (Å²) in [7, 11) is -0.661. The van der Waals surface area contributed by atoms with Crippen LogP contribution in [0.2, 0.25) is 0 Å². The Morgan fingerprint density at radius 3 is 2.35 bits per heavy atom. The van der Waals surface area contributed by atoms with E-state index in [1.807, 2.05) is 58.0 Å². The van der Waals surface area contributed by atoms with E-state index < -0.39 is 15.9 Å². The minimum absolute atomic E-state index is 0.199. The van der Waals surface area contributed by atoms with Gasteiger partial charge in [0.1, 0.15) is 5.75 Å². The summed E-state index contributed by atoms with van der Waals surface area (Å²) in [5.41, 5.74) is 5.81. The summed E-state index contributed by atoms with van der Waals surface area (Å²) in [5.74, 6) is 0.459. The van der Waals surface area contributed by atoms with E-state index in [0.717, 1.165) is 53.5 Å². The minimum atomic E-state index is -3.63. The van der Waals surface area contributed by atoms with E-state index in [9.17, 15) is 18.0 Å². The molecule has 1 aliphatic heterocycles. The van der Waals surface area contributed by atoms with Gasteiger partial charge in [-0.1, -0.05) is 32.9 Å². The van der Waals surface area contributed by atoms with Crippen molar-refractivity contribution in [3.63, 3.8) is 0 Å². The Labute approximate surface area is 333 Å². The highest BCUT2D eigenvalue weighted by Crippen LogP contribution is 2.39. The Hall–Kier alpha value is -5.77. The predicted molar refractivity (Wildman–Crippen MR) is 224 cm³/mol. The average Bonchev–Trinajstić information content (AvgIpc) is 3.17. The number of aryl methyl sites for hydroxylation is 1. The smallest absolute Gasteiger partial charge is 0.255 e. The van der Waals surface area contributed by atoms with E-state index in [0.29, 0.717) is 59.5 Å². The molecule has 15 heteroatoms. The van der Waals surface area contributed by atoms with Gasteiger partial charge in [-0.05, 0) is 83.1 Å². The largest absolute Gasteiger partial charge is 0.497 e. The summed E-state index contributed by atoms with van der Waals surface area (Å²) >= 11 is 0. The zero-order chi connectivity index (χ0) is 40.9. The van der Waals surface area contributed by atoms with Gasteiger partial charge in [-0.25, -0.2) is 18.4 Å². The van der Waals surface area contributed by atoms with Gasteiger partial charge >= 0.3 is 0 Å². The minimum Gasteiger partial charge on any atom is -0.497 e. The first kappa shape index (κ1) is 40.9. The highest BCUT2D eigenvalue weighted by atomic mass is 32.2. The molecule has 14 nitrogen and oxygen atoms in total. The van der Waals surface area contributed by atoms with E-state index >= 15 is 0 Å². The van der Waals surface area contributed by atoms with Crippen LogP contribution in [-0.2, 0) is 20.2 Å². The Morgan fingerprint density at radius 2 is 1.65 bits per heavy atom. The number of sulfonamides is 1. The fraction of sp³-hybridized carbons (Fsp3) is 0.333. The Morgan fingerprint density at radius 1 is 0.895 bits per heavy atom. The molecule has 1 aromatic heterocycles. The Kier molecular flexibility index (Phi) is 12.3. The van der Waals surface area contributed by atoms with Gasteiger partial charge in [0, 0.05) is 60.6 Å². The molecular weight excluding hydrogens is 747 g/mol. The number of nitrogens with one attached hydrogen (secondary N) is 4. The Balaban J connectivity index is 1.20. The number of carbonyl (C=O) groups is 2. The molecule has 1 fully saturated rings. The van der Waals surface area contributed by atoms with Crippen molar-refractivity contribution in [1.29, 1.82) is 0 Å². The van der Waals surface area contributed by atoms with Crippen molar-refractivity contribution in [2.45, 2.75) is 33.1 Å². The van der Waals surface area contributed by atoms with E-state index in [2.05, 4.69) is 30.6 Å². The van der Waals surface area contributed by atoms with Gasteiger partial charge < -0.3 is 30.2 Å². The van der Waals surface area contributed by atoms with Crippen molar-refractivity contribution in [2.24, 2.45) is 0 Å². The molecule has 4 N–H and O–H groups in total. The maximum absolute atomic E-state index is 13.8. The fourth-order valence-electron chi connectivity index (χ4n) is 6.48. The van der Waals surface area contributed by atoms with Crippen molar-refractivity contribution in [3.05, 3.63) is 95.2 Å². The molecular formula is C42H49N7O7S. The quantitative estimate of drug-likeness (QED) is 0.105. The molecule has 5 aromatic rings. The fourth-order valence-corrected chi connectivity index (χ4v) is 7.03. The Bertz CT molecular complexity index is 2410. The second-order valence-corrected chi connectivity index (χ2v) is 16.7. The van der Waals surface area contributed by atoms with Crippen LogP contribution in [-0.4, -0.2) is 95.0 Å². The monoisotopic (exact) mass is 795 g/mol. The van der Waals surface area contributed by atoms with Gasteiger partial charge in [0.2, 0.25) is 16.0 Å². The van der Waals surface area contributed by atoms with Gasteiger partial charge in [0.15, 0.2) is 5.75 Å². The molecule has 1 aliphatic rings.